The van der Waals surface area contributed by atoms with E-state index in [1.54, 1.807) is 12.1 Å². The Hall–Kier alpha value is -1.26. The van der Waals surface area contributed by atoms with Crippen LogP contribution in [0.15, 0.2) is 12.1 Å². The summed E-state index contributed by atoms with van der Waals surface area (Å²) in [6.07, 6.45) is 2.32. The van der Waals surface area contributed by atoms with Crippen LogP contribution in [0.1, 0.15) is 43.9 Å². The minimum atomic E-state index is -0.161. The van der Waals surface area contributed by atoms with E-state index in [4.69, 9.17) is 4.84 Å². The van der Waals surface area contributed by atoms with Gasteiger partial charge in [0.25, 0.3) is 0 Å². The molecule has 2 rings (SSSR count). The molecule has 1 aromatic rings. The van der Waals surface area contributed by atoms with Gasteiger partial charge in [0.15, 0.2) is 11.5 Å². The zero-order chi connectivity index (χ0) is 11.7. The van der Waals surface area contributed by atoms with Crippen molar-refractivity contribution in [2.45, 2.75) is 39.2 Å². The van der Waals surface area contributed by atoms with Crippen LogP contribution in [0.25, 0.3) is 0 Å². The molecular weight excluding hydrogens is 206 g/mol. The smallest absolute Gasteiger partial charge is 0.185 e. The average molecular weight is 222 g/mol. The van der Waals surface area contributed by atoms with Gasteiger partial charge in [0.1, 0.15) is 6.04 Å². The Kier molecular flexibility index (Phi) is 3.03. The standard InChI is InChI=1S/C12H16NO3/c1-3-5-9-11(14)7-6-8-10(4-2)13(15)16-12(8)9/h6-7,10,15H,3-5H2,1-2H3. The van der Waals surface area contributed by atoms with Crippen molar-refractivity contribution in [2.75, 3.05) is 0 Å². The van der Waals surface area contributed by atoms with Crippen LogP contribution in [0.2, 0.25) is 0 Å². The molecule has 1 heterocycles. The first-order valence-corrected chi connectivity index (χ1v) is 5.67. The van der Waals surface area contributed by atoms with E-state index in [1.807, 2.05) is 13.8 Å². The lowest BCUT2D eigenvalue weighted by Crippen LogP contribution is -2.21. The molecule has 4 nitrogen and oxygen atoms in total. The Morgan fingerprint density at radius 2 is 2.19 bits per heavy atom. The molecule has 87 valence electrons. The van der Waals surface area contributed by atoms with Crippen molar-refractivity contribution >= 4 is 0 Å². The molecule has 0 bridgehead atoms. The molecule has 4 heteroatoms. The fourth-order valence-electron chi connectivity index (χ4n) is 2.14. The molecule has 1 atom stereocenters. The average Bonchev–Trinajstić information content (AvgIpc) is 2.58. The number of nitrogens with zero attached hydrogens (tertiary/aromatic N) is 1. The highest BCUT2D eigenvalue weighted by Crippen LogP contribution is 2.44. The maximum absolute atomic E-state index is 11.7. The fourth-order valence-corrected chi connectivity index (χ4v) is 2.14. The predicted molar refractivity (Wildman–Crippen MR) is 57.9 cm³/mol. The van der Waals surface area contributed by atoms with Crippen LogP contribution >= 0.6 is 0 Å². The first-order valence-electron chi connectivity index (χ1n) is 5.67. The van der Waals surface area contributed by atoms with Gasteiger partial charge in [-0.25, -0.2) is 0 Å². The van der Waals surface area contributed by atoms with Crippen molar-refractivity contribution in [3.8, 4) is 11.5 Å². The summed E-state index contributed by atoms with van der Waals surface area (Å²) in [5.74, 6) is 0.550. The second-order valence-electron chi connectivity index (χ2n) is 4.03. The molecule has 0 amide bonds. The fraction of sp³-hybridized carbons (Fsp3) is 0.500. The summed E-state index contributed by atoms with van der Waals surface area (Å²) in [6.45, 7) is 3.98. The van der Waals surface area contributed by atoms with E-state index in [0.29, 0.717) is 17.7 Å². The van der Waals surface area contributed by atoms with Gasteiger partial charge in [-0.1, -0.05) is 20.3 Å². The third kappa shape index (κ3) is 1.64. The zero-order valence-corrected chi connectivity index (χ0v) is 9.56. The Morgan fingerprint density at radius 3 is 2.81 bits per heavy atom. The molecule has 1 radical (unpaired) electrons. The van der Waals surface area contributed by atoms with Crippen LogP contribution in [0.3, 0.4) is 0 Å². The molecule has 0 fully saturated rings. The van der Waals surface area contributed by atoms with Crippen molar-refractivity contribution in [3.05, 3.63) is 23.3 Å². The quantitative estimate of drug-likeness (QED) is 0.854. The Morgan fingerprint density at radius 1 is 1.44 bits per heavy atom. The summed E-state index contributed by atoms with van der Waals surface area (Å²) in [5.41, 5.74) is 1.59. The van der Waals surface area contributed by atoms with Crippen molar-refractivity contribution in [1.29, 1.82) is 0 Å². The first-order chi connectivity index (χ1) is 7.69. The number of benzene rings is 1. The van der Waals surface area contributed by atoms with Gasteiger partial charge in [0.05, 0.1) is 0 Å². The third-order valence-corrected chi connectivity index (χ3v) is 2.95. The molecule has 0 saturated heterocycles. The predicted octanol–water partition coefficient (Wildman–Crippen LogP) is 3.23. The van der Waals surface area contributed by atoms with E-state index in [9.17, 15) is 10.3 Å². The van der Waals surface area contributed by atoms with Crippen LogP contribution in [0.4, 0.5) is 0 Å². The van der Waals surface area contributed by atoms with Gasteiger partial charge in [0, 0.05) is 11.1 Å². The molecular formula is C12H16NO3. The minimum Gasteiger partial charge on any atom is -0.379 e. The van der Waals surface area contributed by atoms with E-state index >= 15 is 0 Å². The maximum atomic E-state index is 11.7. The molecule has 1 aliphatic heterocycles. The highest BCUT2D eigenvalue weighted by atomic mass is 16.9. The molecule has 16 heavy (non-hydrogen) atoms. The lowest BCUT2D eigenvalue weighted by atomic mass is 9.99. The van der Waals surface area contributed by atoms with Crippen LogP contribution in [0, 0.1) is 0 Å². The van der Waals surface area contributed by atoms with Gasteiger partial charge in [-0.3, -0.25) is 10.3 Å². The molecule has 1 aliphatic rings. The van der Waals surface area contributed by atoms with E-state index in [2.05, 4.69) is 0 Å². The van der Waals surface area contributed by atoms with Crippen LogP contribution in [-0.2, 0) is 11.5 Å². The highest BCUT2D eigenvalue weighted by Gasteiger charge is 2.33. The number of rotatable bonds is 3. The molecule has 0 aliphatic carbocycles. The summed E-state index contributed by atoms with van der Waals surface area (Å²) in [7, 11) is 0. The summed E-state index contributed by atoms with van der Waals surface area (Å²) in [4.78, 5) is 5.26. The number of hydroxylamine groups is 2. The van der Waals surface area contributed by atoms with Gasteiger partial charge in [0.2, 0.25) is 0 Å². The largest absolute Gasteiger partial charge is 0.379 e. The topological polar surface area (TPSA) is 52.6 Å². The molecule has 0 aromatic heterocycles. The van der Waals surface area contributed by atoms with Gasteiger partial charge < -0.3 is 4.84 Å². The second-order valence-corrected chi connectivity index (χ2v) is 4.03. The highest BCUT2D eigenvalue weighted by molar-refractivity contribution is 5.51. The normalized spacial score (nSPS) is 19.6. The second kappa shape index (κ2) is 4.31. The summed E-state index contributed by atoms with van der Waals surface area (Å²) in [5, 5.41) is 22.1. The van der Waals surface area contributed by atoms with Crippen molar-refractivity contribution < 1.29 is 15.2 Å². The minimum absolute atomic E-state index is 0.00856. The lowest BCUT2D eigenvalue weighted by molar-refractivity contribution is -0.294. The maximum Gasteiger partial charge on any atom is 0.185 e. The Labute approximate surface area is 95.0 Å². The first kappa shape index (κ1) is 11.2. The van der Waals surface area contributed by atoms with Gasteiger partial charge >= 0.3 is 0 Å². The molecule has 0 saturated carbocycles. The monoisotopic (exact) mass is 222 g/mol. The van der Waals surface area contributed by atoms with Crippen LogP contribution in [-0.4, -0.2) is 10.4 Å². The number of hydrogen-bond acceptors (Lipinski definition) is 3. The lowest BCUT2D eigenvalue weighted by Gasteiger charge is -2.12. The van der Waals surface area contributed by atoms with Gasteiger partial charge in [-0.15, -0.1) is 0 Å². The van der Waals surface area contributed by atoms with E-state index in [1.165, 1.54) is 0 Å². The zero-order valence-electron chi connectivity index (χ0n) is 9.56. The SMILES string of the molecule is CCCc1c([O])ccc2c1ON(O)C2CC. The summed E-state index contributed by atoms with van der Waals surface area (Å²) in [6, 6.07) is 3.15. The van der Waals surface area contributed by atoms with E-state index in [0.717, 1.165) is 23.6 Å². The summed E-state index contributed by atoms with van der Waals surface area (Å²) < 4.78 is 0. The van der Waals surface area contributed by atoms with Gasteiger partial charge in [-0.05, 0) is 30.2 Å². The van der Waals surface area contributed by atoms with Crippen LogP contribution in [0.5, 0.6) is 11.5 Å². The van der Waals surface area contributed by atoms with Crippen molar-refractivity contribution in [2.24, 2.45) is 0 Å². The van der Waals surface area contributed by atoms with E-state index in [-0.39, 0.29) is 11.8 Å². The molecule has 1 aromatic carbocycles. The van der Waals surface area contributed by atoms with Gasteiger partial charge in [-0.2, -0.15) is 0 Å². The Balaban J connectivity index is 2.46. The van der Waals surface area contributed by atoms with Crippen molar-refractivity contribution in [1.82, 2.24) is 5.23 Å². The number of hydrogen-bond donors (Lipinski definition) is 1. The van der Waals surface area contributed by atoms with E-state index < -0.39 is 0 Å². The molecule has 1 unspecified atom stereocenters. The Bertz CT molecular complexity index is 392. The third-order valence-electron chi connectivity index (χ3n) is 2.95. The van der Waals surface area contributed by atoms with Crippen LogP contribution < -0.4 is 4.84 Å². The van der Waals surface area contributed by atoms with Crippen molar-refractivity contribution in [3.63, 3.8) is 0 Å². The summed E-state index contributed by atoms with van der Waals surface area (Å²) >= 11 is 0. The number of fused-ring (bicyclic) bond motifs is 1. The molecule has 0 spiro atoms. The molecule has 1 N–H and O–H groups in total.